The Hall–Kier alpha value is -1.37. The van der Waals surface area contributed by atoms with Crippen LogP contribution in [0.5, 0.6) is 0 Å². The second kappa shape index (κ2) is 5.95. The number of nitrogens with one attached hydrogen (secondary N) is 1. The number of nitrogens with two attached hydrogens (primary N) is 1. The van der Waals surface area contributed by atoms with Gasteiger partial charge >= 0.3 is 0 Å². The molecule has 0 aromatic heterocycles. The number of sulfonamides is 1. The molecule has 0 saturated carbocycles. The first kappa shape index (κ1) is 15.0. The fourth-order valence-electron chi connectivity index (χ4n) is 1.75. The molecule has 0 fully saturated rings. The molecule has 20 heavy (non-hydrogen) atoms. The Morgan fingerprint density at radius 3 is 2.60 bits per heavy atom. The molecule has 0 heterocycles. The molecule has 2 rings (SSSR count). The van der Waals surface area contributed by atoms with E-state index in [-0.39, 0.29) is 11.4 Å². The van der Waals surface area contributed by atoms with E-state index in [0.29, 0.717) is 5.69 Å². The summed E-state index contributed by atoms with van der Waals surface area (Å²) in [6, 6.07) is 12.1. The van der Waals surface area contributed by atoms with Crippen LogP contribution in [0.1, 0.15) is 11.1 Å². The lowest BCUT2D eigenvalue weighted by atomic mass is 10.2. The summed E-state index contributed by atoms with van der Waals surface area (Å²) < 4.78 is 27.8. The van der Waals surface area contributed by atoms with Crippen LogP contribution in [0, 0.1) is 6.92 Å². The summed E-state index contributed by atoms with van der Waals surface area (Å²) in [7, 11) is -3.52. The molecule has 0 aliphatic heterocycles. The highest BCUT2D eigenvalue weighted by atomic mass is 79.9. The monoisotopic (exact) mass is 354 g/mol. The minimum atomic E-state index is -3.52. The smallest absolute Gasteiger partial charge is 0.240 e. The van der Waals surface area contributed by atoms with Gasteiger partial charge < -0.3 is 5.73 Å². The number of benzene rings is 2. The van der Waals surface area contributed by atoms with Gasteiger partial charge in [-0.15, -0.1) is 0 Å². The maximum Gasteiger partial charge on any atom is 0.240 e. The van der Waals surface area contributed by atoms with E-state index in [1.165, 1.54) is 0 Å². The van der Waals surface area contributed by atoms with E-state index in [2.05, 4.69) is 20.7 Å². The van der Waals surface area contributed by atoms with Gasteiger partial charge in [-0.3, -0.25) is 0 Å². The SMILES string of the molecule is Cc1cc(S(=O)(=O)NCc2cccc(N)c2)ccc1Br. The summed E-state index contributed by atoms with van der Waals surface area (Å²) in [5, 5.41) is 0. The molecule has 4 nitrogen and oxygen atoms in total. The first-order valence-corrected chi connectivity index (χ1v) is 8.26. The molecule has 0 unspecified atom stereocenters. The summed E-state index contributed by atoms with van der Waals surface area (Å²) in [6.45, 7) is 2.06. The van der Waals surface area contributed by atoms with E-state index in [1.54, 1.807) is 36.4 Å². The van der Waals surface area contributed by atoms with Crippen molar-refractivity contribution in [2.24, 2.45) is 0 Å². The molecule has 0 atom stereocenters. The van der Waals surface area contributed by atoms with Crippen molar-refractivity contribution in [3.8, 4) is 0 Å². The molecule has 6 heteroatoms. The standard InChI is InChI=1S/C14H15BrN2O2S/c1-10-7-13(5-6-14(10)15)20(18,19)17-9-11-3-2-4-12(16)8-11/h2-8,17H,9,16H2,1H3. The summed E-state index contributed by atoms with van der Waals surface area (Å²) >= 11 is 3.35. The Morgan fingerprint density at radius 2 is 1.95 bits per heavy atom. The molecule has 0 aliphatic rings. The number of hydrogen-bond acceptors (Lipinski definition) is 3. The molecular weight excluding hydrogens is 340 g/mol. The van der Waals surface area contributed by atoms with Crippen LogP contribution in [0.15, 0.2) is 51.8 Å². The van der Waals surface area contributed by atoms with Gasteiger partial charge in [0.05, 0.1) is 4.90 Å². The predicted molar refractivity (Wildman–Crippen MR) is 83.8 cm³/mol. The van der Waals surface area contributed by atoms with Crippen LogP contribution in [-0.2, 0) is 16.6 Å². The lowest BCUT2D eigenvalue weighted by Gasteiger charge is -2.08. The number of aryl methyl sites for hydroxylation is 1. The summed E-state index contributed by atoms with van der Waals surface area (Å²) in [4.78, 5) is 0.252. The predicted octanol–water partition coefficient (Wildman–Crippen LogP) is 2.82. The molecule has 0 amide bonds. The van der Waals surface area contributed by atoms with Gasteiger partial charge in [0, 0.05) is 16.7 Å². The van der Waals surface area contributed by atoms with E-state index in [4.69, 9.17) is 5.73 Å². The van der Waals surface area contributed by atoms with Crippen LogP contribution in [0.2, 0.25) is 0 Å². The van der Waals surface area contributed by atoms with Crippen LogP contribution < -0.4 is 10.5 Å². The van der Waals surface area contributed by atoms with Crippen LogP contribution in [0.3, 0.4) is 0 Å². The lowest BCUT2D eigenvalue weighted by Crippen LogP contribution is -2.23. The number of rotatable bonds is 4. The maximum atomic E-state index is 12.2. The minimum absolute atomic E-state index is 0.211. The Labute approximate surface area is 127 Å². The van der Waals surface area contributed by atoms with Gasteiger partial charge in [0.1, 0.15) is 0 Å². The van der Waals surface area contributed by atoms with Gasteiger partial charge in [0.15, 0.2) is 0 Å². The van der Waals surface area contributed by atoms with Crippen molar-refractivity contribution >= 4 is 31.6 Å². The van der Waals surface area contributed by atoms with Crippen molar-refractivity contribution in [2.45, 2.75) is 18.4 Å². The van der Waals surface area contributed by atoms with E-state index < -0.39 is 10.0 Å². The number of halogens is 1. The average molecular weight is 355 g/mol. The maximum absolute atomic E-state index is 12.2. The zero-order valence-electron chi connectivity index (χ0n) is 10.9. The van der Waals surface area contributed by atoms with Crippen molar-refractivity contribution < 1.29 is 8.42 Å². The van der Waals surface area contributed by atoms with Gasteiger partial charge in [-0.05, 0) is 48.4 Å². The lowest BCUT2D eigenvalue weighted by molar-refractivity contribution is 0.581. The fraction of sp³-hybridized carbons (Fsp3) is 0.143. The highest BCUT2D eigenvalue weighted by Crippen LogP contribution is 2.20. The minimum Gasteiger partial charge on any atom is -0.399 e. The second-order valence-electron chi connectivity index (χ2n) is 4.48. The largest absolute Gasteiger partial charge is 0.399 e. The molecular formula is C14H15BrN2O2S. The van der Waals surface area contributed by atoms with E-state index >= 15 is 0 Å². The van der Waals surface area contributed by atoms with Crippen molar-refractivity contribution in [3.05, 3.63) is 58.1 Å². The van der Waals surface area contributed by atoms with E-state index in [1.807, 2.05) is 13.0 Å². The zero-order valence-corrected chi connectivity index (χ0v) is 13.3. The third-order valence-electron chi connectivity index (χ3n) is 2.86. The zero-order chi connectivity index (χ0) is 14.8. The van der Waals surface area contributed by atoms with Crippen LogP contribution in [-0.4, -0.2) is 8.42 Å². The average Bonchev–Trinajstić information content (AvgIpc) is 2.40. The van der Waals surface area contributed by atoms with Gasteiger partial charge in [0.2, 0.25) is 10.0 Å². The number of nitrogen functional groups attached to an aromatic ring is 1. The Balaban J connectivity index is 2.17. The number of hydrogen-bond donors (Lipinski definition) is 2. The Kier molecular flexibility index (Phi) is 4.47. The molecule has 0 aliphatic carbocycles. The van der Waals surface area contributed by atoms with Crippen LogP contribution in [0.4, 0.5) is 5.69 Å². The van der Waals surface area contributed by atoms with Gasteiger partial charge in [-0.1, -0.05) is 28.1 Å². The normalized spacial score (nSPS) is 11.5. The Morgan fingerprint density at radius 1 is 1.20 bits per heavy atom. The number of anilines is 1. The third-order valence-corrected chi connectivity index (χ3v) is 5.15. The molecule has 0 saturated heterocycles. The van der Waals surface area contributed by atoms with Gasteiger partial charge in [-0.25, -0.2) is 13.1 Å². The second-order valence-corrected chi connectivity index (χ2v) is 7.10. The molecule has 106 valence electrons. The topological polar surface area (TPSA) is 72.2 Å². The van der Waals surface area contributed by atoms with Crippen molar-refractivity contribution in [1.82, 2.24) is 4.72 Å². The molecule has 0 spiro atoms. The quantitative estimate of drug-likeness (QED) is 0.829. The van der Waals surface area contributed by atoms with Gasteiger partial charge in [0.25, 0.3) is 0 Å². The first-order chi connectivity index (χ1) is 9.38. The van der Waals surface area contributed by atoms with Crippen molar-refractivity contribution in [2.75, 3.05) is 5.73 Å². The third kappa shape index (κ3) is 3.59. The summed E-state index contributed by atoms with van der Waals surface area (Å²) in [6.07, 6.45) is 0. The Bertz CT molecular complexity index is 730. The van der Waals surface area contributed by atoms with E-state index in [0.717, 1.165) is 15.6 Å². The highest BCUT2D eigenvalue weighted by molar-refractivity contribution is 9.10. The van der Waals surface area contributed by atoms with Gasteiger partial charge in [-0.2, -0.15) is 0 Å². The van der Waals surface area contributed by atoms with Crippen LogP contribution >= 0.6 is 15.9 Å². The molecule has 3 N–H and O–H groups in total. The molecule has 2 aromatic carbocycles. The van der Waals surface area contributed by atoms with Crippen molar-refractivity contribution in [1.29, 1.82) is 0 Å². The first-order valence-electron chi connectivity index (χ1n) is 5.99. The summed E-state index contributed by atoms with van der Waals surface area (Å²) in [5.41, 5.74) is 7.97. The molecule has 2 aromatic rings. The molecule has 0 bridgehead atoms. The molecule has 0 radical (unpaired) electrons. The van der Waals surface area contributed by atoms with E-state index in [9.17, 15) is 8.42 Å². The highest BCUT2D eigenvalue weighted by Gasteiger charge is 2.14. The van der Waals surface area contributed by atoms with Crippen LogP contribution in [0.25, 0.3) is 0 Å². The fourth-order valence-corrected chi connectivity index (χ4v) is 3.10. The summed E-state index contributed by atoms with van der Waals surface area (Å²) in [5.74, 6) is 0. The van der Waals surface area contributed by atoms with Crippen molar-refractivity contribution in [3.63, 3.8) is 0 Å².